The molecule has 2 aromatic carbocycles. The Kier molecular flexibility index (Phi) is 4.99. The fourth-order valence-electron chi connectivity index (χ4n) is 2.33. The number of carbonyl (C=O) groups is 1. The number of benzene rings is 2. The third-order valence-electron chi connectivity index (χ3n) is 3.25. The van der Waals surface area contributed by atoms with Crippen LogP contribution in [0.2, 0.25) is 0 Å². The number of hydrogen-bond donors (Lipinski definition) is 2. The smallest absolute Gasteiger partial charge is 0.224 e. The van der Waals surface area contributed by atoms with Crippen LogP contribution in [0.3, 0.4) is 0 Å². The fourth-order valence-corrected chi connectivity index (χ4v) is 2.33. The molecule has 0 aliphatic rings. The van der Waals surface area contributed by atoms with Crippen LogP contribution in [0.5, 0.6) is 0 Å². The average molecular weight is 282 g/mol. The second-order valence-electron chi connectivity index (χ2n) is 5.33. The van der Waals surface area contributed by atoms with Crippen molar-refractivity contribution in [2.45, 2.75) is 33.7 Å². The molecule has 0 aliphatic carbocycles. The van der Waals surface area contributed by atoms with Gasteiger partial charge in [-0.3, -0.25) is 4.79 Å². The predicted octanol–water partition coefficient (Wildman–Crippen LogP) is 4.26. The van der Waals surface area contributed by atoms with Crippen molar-refractivity contribution in [1.29, 1.82) is 0 Å². The Morgan fingerprint density at radius 1 is 1.00 bits per heavy atom. The Hall–Kier alpha value is -2.29. The summed E-state index contributed by atoms with van der Waals surface area (Å²) in [5.41, 5.74) is 5.64. The van der Waals surface area contributed by atoms with Gasteiger partial charge in [0, 0.05) is 24.3 Å². The molecule has 0 aromatic heterocycles. The SMILES string of the molecule is CCC(=O)Nc1cccc(NCc2cc(C)cc(C)c2)c1. The van der Waals surface area contributed by atoms with E-state index in [4.69, 9.17) is 0 Å². The van der Waals surface area contributed by atoms with Crippen LogP contribution in [-0.4, -0.2) is 5.91 Å². The zero-order valence-corrected chi connectivity index (χ0v) is 12.9. The van der Waals surface area contributed by atoms with Gasteiger partial charge in [0.25, 0.3) is 0 Å². The minimum atomic E-state index is 0.0291. The lowest BCUT2D eigenvalue weighted by atomic mass is 10.1. The highest BCUT2D eigenvalue weighted by Crippen LogP contribution is 2.17. The average Bonchev–Trinajstić information content (AvgIpc) is 2.44. The molecule has 0 fully saturated rings. The molecule has 0 saturated heterocycles. The highest BCUT2D eigenvalue weighted by molar-refractivity contribution is 5.90. The third-order valence-corrected chi connectivity index (χ3v) is 3.25. The van der Waals surface area contributed by atoms with Gasteiger partial charge in [-0.2, -0.15) is 0 Å². The summed E-state index contributed by atoms with van der Waals surface area (Å²) in [5.74, 6) is 0.0291. The zero-order chi connectivity index (χ0) is 15.2. The molecule has 2 rings (SSSR count). The molecule has 0 heterocycles. The van der Waals surface area contributed by atoms with Crippen LogP contribution in [0.1, 0.15) is 30.0 Å². The molecule has 110 valence electrons. The van der Waals surface area contributed by atoms with Gasteiger partial charge in [-0.1, -0.05) is 42.3 Å². The number of anilines is 2. The first-order valence-corrected chi connectivity index (χ1v) is 7.28. The van der Waals surface area contributed by atoms with Crippen LogP contribution >= 0.6 is 0 Å². The maximum Gasteiger partial charge on any atom is 0.224 e. The maximum absolute atomic E-state index is 11.4. The van der Waals surface area contributed by atoms with E-state index in [1.54, 1.807) is 0 Å². The highest BCUT2D eigenvalue weighted by Gasteiger charge is 2.01. The van der Waals surface area contributed by atoms with Crippen LogP contribution < -0.4 is 10.6 Å². The normalized spacial score (nSPS) is 10.2. The monoisotopic (exact) mass is 282 g/mol. The van der Waals surface area contributed by atoms with Gasteiger partial charge in [-0.25, -0.2) is 0 Å². The van der Waals surface area contributed by atoms with Crippen molar-refractivity contribution in [2.75, 3.05) is 10.6 Å². The summed E-state index contributed by atoms with van der Waals surface area (Å²) in [6, 6.07) is 14.3. The summed E-state index contributed by atoms with van der Waals surface area (Å²) in [6.07, 6.45) is 0.486. The molecular formula is C18H22N2O. The van der Waals surface area contributed by atoms with Gasteiger partial charge in [0.2, 0.25) is 5.91 Å². The lowest BCUT2D eigenvalue weighted by Gasteiger charge is -2.10. The first-order chi connectivity index (χ1) is 10.1. The molecule has 0 bridgehead atoms. The minimum Gasteiger partial charge on any atom is -0.381 e. The number of aryl methyl sites for hydroxylation is 2. The standard InChI is InChI=1S/C18H22N2O/c1-4-18(21)20-17-7-5-6-16(11-17)19-12-15-9-13(2)8-14(3)10-15/h5-11,19H,4,12H2,1-3H3,(H,20,21). The summed E-state index contributed by atoms with van der Waals surface area (Å²) in [5, 5.41) is 6.27. The Labute approximate surface area is 126 Å². The van der Waals surface area contributed by atoms with E-state index < -0.39 is 0 Å². The van der Waals surface area contributed by atoms with Crippen LogP contribution in [0.4, 0.5) is 11.4 Å². The molecule has 0 atom stereocenters. The number of hydrogen-bond acceptors (Lipinski definition) is 2. The molecule has 3 heteroatoms. The zero-order valence-electron chi connectivity index (χ0n) is 12.9. The van der Waals surface area contributed by atoms with Crippen LogP contribution in [-0.2, 0) is 11.3 Å². The minimum absolute atomic E-state index is 0.0291. The van der Waals surface area contributed by atoms with E-state index in [1.807, 2.05) is 31.2 Å². The third kappa shape index (κ3) is 4.63. The summed E-state index contributed by atoms with van der Waals surface area (Å²) in [7, 11) is 0. The maximum atomic E-state index is 11.4. The molecular weight excluding hydrogens is 260 g/mol. The number of amides is 1. The summed E-state index contributed by atoms with van der Waals surface area (Å²) in [4.78, 5) is 11.4. The van der Waals surface area contributed by atoms with Gasteiger partial charge in [0.1, 0.15) is 0 Å². The van der Waals surface area contributed by atoms with Gasteiger partial charge in [0.05, 0.1) is 0 Å². The van der Waals surface area contributed by atoms with Crippen LogP contribution in [0, 0.1) is 13.8 Å². The second-order valence-corrected chi connectivity index (χ2v) is 5.33. The van der Waals surface area contributed by atoms with E-state index in [2.05, 4.69) is 42.7 Å². The predicted molar refractivity (Wildman–Crippen MR) is 88.6 cm³/mol. The Morgan fingerprint density at radius 2 is 1.67 bits per heavy atom. The van der Waals surface area contributed by atoms with Gasteiger partial charge >= 0.3 is 0 Å². The van der Waals surface area contributed by atoms with Gasteiger partial charge < -0.3 is 10.6 Å². The molecule has 2 N–H and O–H groups in total. The van der Waals surface area contributed by atoms with E-state index in [1.165, 1.54) is 16.7 Å². The molecule has 3 nitrogen and oxygen atoms in total. The number of rotatable bonds is 5. The molecule has 21 heavy (non-hydrogen) atoms. The number of nitrogens with one attached hydrogen (secondary N) is 2. The molecule has 0 saturated carbocycles. The molecule has 0 unspecified atom stereocenters. The van der Waals surface area contributed by atoms with Crippen molar-refractivity contribution in [1.82, 2.24) is 0 Å². The largest absolute Gasteiger partial charge is 0.381 e. The van der Waals surface area contributed by atoms with Crippen molar-refractivity contribution in [3.8, 4) is 0 Å². The summed E-state index contributed by atoms with van der Waals surface area (Å²) in [6.45, 7) is 6.83. The van der Waals surface area contributed by atoms with Gasteiger partial charge in [-0.05, 0) is 37.6 Å². The first-order valence-electron chi connectivity index (χ1n) is 7.28. The van der Waals surface area contributed by atoms with Crippen LogP contribution in [0.15, 0.2) is 42.5 Å². The van der Waals surface area contributed by atoms with Crippen molar-refractivity contribution in [3.05, 3.63) is 59.2 Å². The summed E-state index contributed by atoms with van der Waals surface area (Å²) < 4.78 is 0. The van der Waals surface area contributed by atoms with Crippen molar-refractivity contribution in [3.63, 3.8) is 0 Å². The Morgan fingerprint density at radius 3 is 2.33 bits per heavy atom. The summed E-state index contributed by atoms with van der Waals surface area (Å²) >= 11 is 0. The van der Waals surface area contributed by atoms with Gasteiger partial charge in [-0.15, -0.1) is 0 Å². The van der Waals surface area contributed by atoms with E-state index in [0.717, 1.165) is 17.9 Å². The lowest BCUT2D eigenvalue weighted by molar-refractivity contribution is -0.115. The van der Waals surface area contributed by atoms with E-state index >= 15 is 0 Å². The Bertz CT molecular complexity index is 615. The molecule has 1 amide bonds. The fraction of sp³-hybridized carbons (Fsp3) is 0.278. The molecule has 0 spiro atoms. The quantitative estimate of drug-likeness (QED) is 0.860. The molecule has 0 radical (unpaired) electrons. The van der Waals surface area contributed by atoms with Gasteiger partial charge in [0.15, 0.2) is 0 Å². The highest BCUT2D eigenvalue weighted by atomic mass is 16.1. The van der Waals surface area contributed by atoms with Crippen molar-refractivity contribution < 1.29 is 4.79 Å². The van der Waals surface area contributed by atoms with E-state index in [9.17, 15) is 4.79 Å². The van der Waals surface area contributed by atoms with Crippen molar-refractivity contribution in [2.24, 2.45) is 0 Å². The van der Waals surface area contributed by atoms with Crippen molar-refractivity contribution >= 4 is 17.3 Å². The second kappa shape index (κ2) is 6.93. The Balaban J connectivity index is 2.02. The lowest BCUT2D eigenvalue weighted by Crippen LogP contribution is -2.09. The first kappa shape index (κ1) is 15.1. The molecule has 0 aliphatic heterocycles. The number of carbonyl (C=O) groups excluding carboxylic acids is 1. The topological polar surface area (TPSA) is 41.1 Å². The van der Waals surface area contributed by atoms with Crippen LogP contribution in [0.25, 0.3) is 0 Å². The molecule has 2 aromatic rings. The van der Waals surface area contributed by atoms with E-state index in [-0.39, 0.29) is 5.91 Å². The van der Waals surface area contributed by atoms with E-state index in [0.29, 0.717) is 6.42 Å².